The van der Waals surface area contributed by atoms with Crippen LogP contribution < -0.4 is 20.3 Å². The molecule has 7 nitrogen and oxygen atoms in total. The van der Waals surface area contributed by atoms with Crippen molar-refractivity contribution < 1.29 is 19.1 Å². The number of methoxy groups -OCH3 is 1. The summed E-state index contributed by atoms with van der Waals surface area (Å²) in [6.07, 6.45) is 2.06. The first kappa shape index (κ1) is 20.4. The minimum absolute atomic E-state index is 0.100. The molecule has 0 atom stereocenters. The van der Waals surface area contributed by atoms with Crippen LogP contribution in [0.5, 0.6) is 5.75 Å². The normalized spacial score (nSPS) is 13.3. The molecule has 3 amide bonds. The Morgan fingerprint density at radius 2 is 1.83 bits per heavy atom. The van der Waals surface area contributed by atoms with Crippen molar-refractivity contribution in [2.24, 2.45) is 0 Å². The highest BCUT2D eigenvalue weighted by molar-refractivity contribution is 5.98. The van der Waals surface area contributed by atoms with Gasteiger partial charge < -0.3 is 20.3 Å². The summed E-state index contributed by atoms with van der Waals surface area (Å²) >= 11 is 0. The third kappa shape index (κ3) is 5.34. The van der Waals surface area contributed by atoms with Crippen molar-refractivity contribution in [3.63, 3.8) is 0 Å². The summed E-state index contributed by atoms with van der Waals surface area (Å²) < 4.78 is 5.29. The lowest BCUT2D eigenvalue weighted by molar-refractivity contribution is -0.120. The van der Waals surface area contributed by atoms with E-state index in [1.54, 1.807) is 36.3 Å². The average Bonchev–Trinajstić information content (AvgIpc) is 3.18. The lowest BCUT2D eigenvalue weighted by Crippen LogP contribution is -2.37. The molecule has 2 N–H and O–H groups in total. The van der Waals surface area contributed by atoms with Crippen molar-refractivity contribution >= 4 is 23.4 Å². The summed E-state index contributed by atoms with van der Waals surface area (Å²) in [7, 11) is 1.61. The van der Waals surface area contributed by atoms with Crippen molar-refractivity contribution in [2.45, 2.75) is 19.3 Å². The molecule has 2 aromatic rings. The van der Waals surface area contributed by atoms with E-state index < -0.39 is 0 Å². The molecule has 29 heavy (non-hydrogen) atoms. The smallest absolute Gasteiger partial charge is 0.251 e. The van der Waals surface area contributed by atoms with E-state index in [0.717, 1.165) is 23.4 Å². The van der Waals surface area contributed by atoms with E-state index in [0.29, 0.717) is 31.5 Å². The largest absolute Gasteiger partial charge is 0.496 e. The lowest BCUT2D eigenvalue weighted by atomic mass is 10.1. The van der Waals surface area contributed by atoms with E-state index in [4.69, 9.17) is 4.74 Å². The van der Waals surface area contributed by atoms with Crippen molar-refractivity contribution in [1.29, 1.82) is 0 Å². The second kappa shape index (κ2) is 9.73. The van der Waals surface area contributed by atoms with Gasteiger partial charge in [0.05, 0.1) is 13.7 Å². The lowest BCUT2D eigenvalue weighted by Gasteiger charge is -2.15. The van der Waals surface area contributed by atoms with Gasteiger partial charge >= 0.3 is 0 Å². The molecule has 0 spiro atoms. The number of ether oxygens (including phenoxy) is 1. The zero-order valence-corrected chi connectivity index (χ0v) is 16.4. The Morgan fingerprint density at radius 3 is 2.52 bits per heavy atom. The zero-order valence-electron chi connectivity index (χ0n) is 16.4. The number of carbonyl (C=O) groups is 3. The van der Waals surface area contributed by atoms with E-state index in [2.05, 4.69) is 10.6 Å². The third-order valence-corrected chi connectivity index (χ3v) is 4.83. The average molecular weight is 395 g/mol. The van der Waals surface area contributed by atoms with Crippen LogP contribution >= 0.6 is 0 Å². The zero-order chi connectivity index (χ0) is 20.6. The van der Waals surface area contributed by atoms with E-state index in [1.807, 2.05) is 24.3 Å². The predicted octanol–water partition coefficient (Wildman–Crippen LogP) is 1.91. The molecule has 3 rings (SSSR count). The number of anilines is 1. The van der Waals surface area contributed by atoms with Gasteiger partial charge in [0.25, 0.3) is 5.91 Å². The van der Waals surface area contributed by atoms with Crippen LogP contribution in [0.4, 0.5) is 5.69 Å². The molecule has 2 aromatic carbocycles. The fraction of sp³-hybridized carbons (Fsp3) is 0.318. The summed E-state index contributed by atoms with van der Waals surface area (Å²) in [4.78, 5) is 37.7. The van der Waals surface area contributed by atoms with Crippen molar-refractivity contribution in [2.75, 3.05) is 31.6 Å². The molecule has 1 saturated heterocycles. The third-order valence-electron chi connectivity index (χ3n) is 4.83. The SMILES string of the molecule is COc1ccccc1CCNC(=O)CNC(=O)c1ccc(N2CCCC2=O)cc1. The predicted molar refractivity (Wildman–Crippen MR) is 110 cm³/mol. The molecule has 0 saturated carbocycles. The van der Waals surface area contributed by atoms with Crippen molar-refractivity contribution in [1.82, 2.24) is 10.6 Å². The van der Waals surface area contributed by atoms with Gasteiger partial charge in [0, 0.05) is 30.8 Å². The number of amides is 3. The molecule has 0 aliphatic carbocycles. The number of rotatable bonds is 8. The molecule has 152 valence electrons. The van der Waals surface area contributed by atoms with E-state index in [1.165, 1.54) is 0 Å². The molecule has 0 aromatic heterocycles. The molecular weight excluding hydrogens is 370 g/mol. The molecule has 1 fully saturated rings. The van der Waals surface area contributed by atoms with Crippen LogP contribution in [0.2, 0.25) is 0 Å². The molecular formula is C22H25N3O4. The fourth-order valence-corrected chi connectivity index (χ4v) is 3.29. The molecule has 0 bridgehead atoms. The number of para-hydroxylation sites is 1. The molecule has 0 unspecified atom stereocenters. The second-order valence-corrected chi connectivity index (χ2v) is 6.79. The quantitative estimate of drug-likeness (QED) is 0.715. The highest BCUT2D eigenvalue weighted by Gasteiger charge is 2.21. The first-order valence-corrected chi connectivity index (χ1v) is 9.65. The van der Waals surface area contributed by atoms with Gasteiger partial charge in [0.15, 0.2) is 0 Å². The van der Waals surface area contributed by atoms with Gasteiger partial charge in [-0.1, -0.05) is 18.2 Å². The summed E-state index contributed by atoms with van der Waals surface area (Å²) in [6, 6.07) is 14.5. The second-order valence-electron chi connectivity index (χ2n) is 6.79. The molecule has 7 heteroatoms. The fourth-order valence-electron chi connectivity index (χ4n) is 3.29. The van der Waals surface area contributed by atoms with Gasteiger partial charge in [-0.3, -0.25) is 14.4 Å². The number of hydrogen-bond acceptors (Lipinski definition) is 4. The maximum atomic E-state index is 12.2. The Morgan fingerprint density at radius 1 is 1.07 bits per heavy atom. The number of carbonyl (C=O) groups excluding carboxylic acids is 3. The Bertz CT molecular complexity index is 880. The molecule has 0 radical (unpaired) electrons. The number of hydrogen-bond donors (Lipinski definition) is 2. The van der Waals surface area contributed by atoms with Crippen molar-refractivity contribution in [3.8, 4) is 5.75 Å². The van der Waals surface area contributed by atoms with Crippen LogP contribution in [-0.2, 0) is 16.0 Å². The monoisotopic (exact) mass is 395 g/mol. The number of benzene rings is 2. The van der Waals surface area contributed by atoms with Gasteiger partial charge in [-0.05, 0) is 48.7 Å². The van der Waals surface area contributed by atoms with E-state index in [-0.39, 0.29) is 24.3 Å². The van der Waals surface area contributed by atoms with Gasteiger partial charge in [0.1, 0.15) is 5.75 Å². The van der Waals surface area contributed by atoms with Gasteiger partial charge in [-0.25, -0.2) is 0 Å². The van der Waals surface area contributed by atoms with Gasteiger partial charge in [-0.2, -0.15) is 0 Å². The summed E-state index contributed by atoms with van der Waals surface area (Å²) in [5.41, 5.74) is 2.25. The molecule has 1 aliphatic heterocycles. The van der Waals surface area contributed by atoms with Gasteiger partial charge in [0.2, 0.25) is 11.8 Å². The molecule has 1 aliphatic rings. The van der Waals surface area contributed by atoms with Crippen LogP contribution in [-0.4, -0.2) is 44.5 Å². The summed E-state index contributed by atoms with van der Waals surface area (Å²) in [6.45, 7) is 1.06. The first-order chi connectivity index (χ1) is 14.1. The Balaban J connectivity index is 1.42. The highest BCUT2D eigenvalue weighted by Crippen LogP contribution is 2.21. The Kier molecular flexibility index (Phi) is 6.84. The van der Waals surface area contributed by atoms with E-state index >= 15 is 0 Å². The Labute approximate surface area is 170 Å². The Hall–Kier alpha value is -3.35. The molecule has 1 heterocycles. The first-order valence-electron chi connectivity index (χ1n) is 9.65. The van der Waals surface area contributed by atoms with Crippen LogP contribution in [0, 0.1) is 0 Å². The van der Waals surface area contributed by atoms with Crippen molar-refractivity contribution in [3.05, 3.63) is 59.7 Å². The summed E-state index contributed by atoms with van der Waals surface area (Å²) in [5.74, 6) is 0.304. The topological polar surface area (TPSA) is 87.7 Å². The van der Waals surface area contributed by atoms with Crippen LogP contribution in [0.15, 0.2) is 48.5 Å². The van der Waals surface area contributed by atoms with Crippen LogP contribution in [0.25, 0.3) is 0 Å². The minimum Gasteiger partial charge on any atom is -0.496 e. The highest BCUT2D eigenvalue weighted by atomic mass is 16.5. The van der Waals surface area contributed by atoms with Gasteiger partial charge in [-0.15, -0.1) is 0 Å². The maximum absolute atomic E-state index is 12.2. The summed E-state index contributed by atoms with van der Waals surface area (Å²) in [5, 5.41) is 5.40. The van der Waals surface area contributed by atoms with E-state index in [9.17, 15) is 14.4 Å². The van der Waals surface area contributed by atoms with Crippen LogP contribution in [0.1, 0.15) is 28.8 Å². The maximum Gasteiger partial charge on any atom is 0.251 e. The number of nitrogens with zero attached hydrogens (tertiary/aromatic N) is 1. The van der Waals surface area contributed by atoms with Crippen LogP contribution in [0.3, 0.4) is 0 Å². The standard InChI is InChI=1S/C22H25N3O4/c1-29-19-6-3-2-5-16(19)12-13-23-20(26)15-24-22(28)17-8-10-18(11-9-17)25-14-4-7-21(25)27/h2-3,5-6,8-11H,4,7,12-15H2,1H3,(H,23,26)(H,24,28). The number of nitrogens with one attached hydrogen (secondary N) is 2. The minimum atomic E-state index is -0.329.